The van der Waals surface area contributed by atoms with Gasteiger partial charge in [0.1, 0.15) is 12.4 Å². The summed E-state index contributed by atoms with van der Waals surface area (Å²) in [5.74, 6) is -1.74. The molecule has 0 aromatic heterocycles. The predicted molar refractivity (Wildman–Crippen MR) is 78.1 cm³/mol. The van der Waals surface area contributed by atoms with Gasteiger partial charge in [0.25, 0.3) is 5.91 Å². The summed E-state index contributed by atoms with van der Waals surface area (Å²) in [5, 5.41) is 4.84. The molecule has 1 atom stereocenters. The van der Waals surface area contributed by atoms with Crippen molar-refractivity contribution in [3.05, 3.63) is 33.6 Å². The van der Waals surface area contributed by atoms with Crippen LogP contribution in [0, 0.1) is 5.82 Å². The lowest BCUT2D eigenvalue weighted by Crippen LogP contribution is -2.41. The standard InChI is InChI=1S/C13H12Cl2FN3O3/c1-6(11-7(14)2-3-8(16)12(11)15)18-9(20)5-19-10(21)4-17-13(19)22/h2-3,6H,4-5H2,1H3,(H,17,22)(H,18,20). The summed E-state index contributed by atoms with van der Waals surface area (Å²) in [7, 11) is 0. The van der Waals surface area contributed by atoms with Crippen LogP contribution in [0.3, 0.4) is 0 Å². The van der Waals surface area contributed by atoms with Crippen LogP contribution in [0.25, 0.3) is 0 Å². The fourth-order valence-electron chi connectivity index (χ4n) is 2.06. The van der Waals surface area contributed by atoms with Gasteiger partial charge in [-0.25, -0.2) is 9.18 Å². The number of carbonyl (C=O) groups is 3. The topological polar surface area (TPSA) is 78.5 Å². The second-order valence-corrected chi connectivity index (χ2v) is 5.47. The van der Waals surface area contributed by atoms with E-state index < -0.39 is 36.2 Å². The van der Waals surface area contributed by atoms with Crippen LogP contribution in [0.2, 0.25) is 10.0 Å². The van der Waals surface area contributed by atoms with Crippen LogP contribution in [0.4, 0.5) is 9.18 Å². The third-order valence-corrected chi connectivity index (χ3v) is 3.84. The Labute approximate surface area is 135 Å². The molecule has 2 rings (SSSR count). The Bertz CT molecular complexity index is 638. The lowest BCUT2D eigenvalue weighted by atomic mass is 10.1. The van der Waals surface area contributed by atoms with Crippen molar-refractivity contribution in [1.82, 2.24) is 15.5 Å². The van der Waals surface area contributed by atoms with E-state index in [1.54, 1.807) is 6.92 Å². The maximum absolute atomic E-state index is 13.5. The number of urea groups is 1. The zero-order valence-electron chi connectivity index (χ0n) is 11.5. The first kappa shape index (κ1) is 16.5. The van der Waals surface area contributed by atoms with Gasteiger partial charge in [0, 0.05) is 10.6 Å². The molecular formula is C13H12Cl2FN3O3. The van der Waals surface area contributed by atoms with Crippen molar-refractivity contribution in [1.29, 1.82) is 0 Å². The molecule has 22 heavy (non-hydrogen) atoms. The number of halogens is 3. The SMILES string of the molecule is CC(NC(=O)CN1C(=O)CNC1=O)c1c(Cl)ccc(F)c1Cl. The minimum absolute atomic E-state index is 0.136. The summed E-state index contributed by atoms with van der Waals surface area (Å²) in [5.41, 5.74) is 0.230. The fourth-order valence-corrected chi connectivity index (χ4v) is 2.76. The number of imide groups is 1. The maximum Gasteiger partial charge on any atom is 0.325 e. The predicted octanol–water partition coefficient (Wildman–Crippen LogP) is 1.86. The van der Waals surface area contributed by atoms with E-state index in [4.69, 9.17) is 23.2 Å². The number of hydrogen-bond acceptors (Lipinski definition) is 3. The Balaban J connectivity index is 2.07. The number of rotatable bonds is 4. The van der Waals surface area contributed by atoms with Crippen LogP contribution in [-0.4, -0.2) is 35.8 Å². The maximum atomic E-state index is 13.5. The molecule has 0 spiro atoms. The van der Waals surface area contributed by atoms with Crippen molar-refractivity contribution >= 4 is 41.0 Å². The Morgan fingerprint density at radius 2 is 2.14 bits per heavy atom. The number of benzene rings is 1. The first-order valence-electron chi connectivity index (χ1n) is 6.32. The summed E-state index contributed by atoms with van der Waals surface area (Å²) in [6, 6.07) is 1.13. The van der Waals surface area contributed by atoms with Gasteiger partial charge in [0.05, 0.1) is 17.6 Å². The molecular weight excluding hydrogens is 336 g/mol. The Morgan fingerprint density at radius 3 is 2.73 bits per heavy atom. The molecule has 1 aromatic rings. The minimum Gasteiger partial charge on any atom is -0.348 e. The molecule has 0 radical (unpaired) electrons. The summed E-state index contributed by atoms with van der Waals surface area (Å²) < 4.78 is 13.5. The molecule has 4 amide bonds. The van der Waals surface area contributed by atoms with Crippen LogP contribution in [0.1, 0.15) is 18.5 Å². The molecule has 0 aliphatic carbocycles. The lowest BCUT2D eigenvalue weighted by molar-refractivity contribution is -0.130. The van der Waals surface area contributed by atoms with Crippen molar-refractivity contribution < 1.29 is 18.8 Å². The van der Waals surface area contributed by atoms with E-state index in [0.717, 1.165) is 11.0 Å². The molecule has 1 unspecified atom stereocenters. The van der Waals surface area contributed by atoms with Gasteiger partial charge in [0.15, 0.2) is 0 Å². The van der Waals surface area contributed by atoms with Crippen molar-refractivity contribution in [2.45, 2.75) is 13.0 Å². The highest BCUT2D eigenvalue weighted by Crippen LogP contribution is 2.32. The summed E-state index contributed by atoms with van der Waals surface area (Å²) in [6.45, 7) is 0.999. The van der Waals surface area contributed by atoms with Crippen LogP contribution < -0.4 is 10.6 Å². The quantitative estimate of drug-likeness (QED) is 0.644. The third-order valence-electron chi connectivity index (χ3n) is 3.13. The zero-order chi connectivity index (χ0) is 16.4. The first-order chi connectivity index (χ1) is 10.3. The molecule has 2 N–H and O–H groups in total. The van der Waals surface area contributed by atoms with E-state index >= 15 is 0 Å². The van der Waals surface area contributed by atoms with Crippen molar-refractivity contribution in [2.24, 2.45) is 0 Å². The van der Waals surface area contributed by atoms with E-state index in [-0.39, 0.29) is 22.2 Å². The third kappa shape index (κ3) is 3.31. The second-order valence-electron chi connectivity index (χ2n) is 4.68. The molecule has 118 valence electrons. The van der Waals surface area contributed by atoms with Crippen LogP contribution in [0.5, 0.6) is 0 Å². The van der Waals surface area contributed by atoms with E-state index in [0.29, 0.717) is 0 Å². The zero-order valence-corrected chi connectivity index (χ0v) is 13.0. The highest BCUT2D eigenvalue weighted by Gasteiger charge is 2.30. The van der Waals surface area contributed by atoms with E-state index in [1.165, 1.54) is 6.07 Å². The summed E-state index contributed by atoms with van der Waals surface area (Å²) >= 11 is 11.8. The van der Waals surface area contributed by atoms with E-state index in [9.17, 15) is 18.8 Å². The molecule has 0 saturated carbocycles. The smallest absolute Gasteiger partial charge is 0.325 e. The lowest BCUT2D eigenvalue weighted by Gasteiger charge is -2.19. The molecule has 9 heteroatoms. The van der Waals surface area contributed by atoms with Crippen molar-refractivity contribution in [3.63, 3.8) is 0 Å². The Kier molecular flexibility index (Phi) is 4.87. The average Bonchev–Trinajstić information content (AvgIpc) is 2.75. The average molecular weight is 348 g/mol. The molecule has 6 nitrogen and oxygen atoms in total. The molecule has 0 bridgehead atoms. The number of nitrogens with zero attached hydrogens (tertiary/aromatic N) is 1. The van der Waals surface area contributed by atoms with Crippen molar-refractivity contribution in [3.8, 4) is 0 Å². The molecule has 1 aliphatic rings. The number of amides is 4. The van der Waals surface area contributed by atoms with Gasteiger partial charge >= 0.3 is 6.03 Å². The van der Waals surface area contributed by atoms with Crippen molar-refractivity contribution in [2.75, 3.05) is 13.1 Å². The highest BCUT2D eigenvalue weighted by atomic mass is 35.5. The molecule has 1 fully saturated rings. The van der Waals surface area contributed by atoms with Gasteiger partial charge in [-0.2, -0.15) is 0 Å². The summed E-state index contributed by atoms with van der Waals surface area (Å²) in [4.78, 5) is 35.5. The molecule has 1 aromatic carbocycles. The monoisotopic (exact) mass is 347 g/mol. The fraction of sp³-hybridized carbons (Fsp3) is 0.308. The van der Waals surface area contributed by atoms with Gasteiger partial charge in [-0.05, 0) is 19.1 Å². The number of carbonyl (C=O) groups excluding carboxylic acids is 3. The highest BCUT2D eigenvalue weighted by molar-refractivity contribution is 6.36. The second kappa shape index (κ2) is 6.50. The first-order valence-corrected chi connectivity index (χ1v) is 7.07. The number of hydrogen-bond donors (Lipinski definition) is 2. The normalized spacial score (nSPS) is 15.7. The number of nitrogens with one attached hydrogen (secondary N) is 2. The van der Waals surface area contributed by atoms with Crippen LogP contribution in [0.15, 0.2) is 12.1 Å². The molecule has 1 heterocycles. The Hall–Kier alpha value is -1.86. The van der Waals surface area contributed by atoms with E-state index in [2.05, 4.69) is 10.6 Å². The largest absolute Gasteiger partial charge is 0.348 e. The minimum atomic E-state index is -0.691. The van der Waals surface area contributed by atoms with Gasteiger partial charge in [0.2, 0.25) is 5.91 Å². The molecule has 1 saturated heterocycles. The van der Waals surface area contributed by atoms with Gasteiger partial charge < -0.3 is 10.6 Å². The van der Waals surface area contributed by atoms with E-state index in [1.807, 2.05) is 0 Å². The Morgan fingerprint density at radius 1 is 1.45 bits per heavy atom. The summed E-state index contributed by atoms with van der Waals surface area (Å²) in [6.07, 6.45) is 0. The van der Waals surface area contributed by atoms with Crippen LogP contribution >= 0.6 is 23.2 Å². The van der Waals surface area contributed by atoms with Gasteiger partial charge in [-0.1, -0.05) is 23.2 Å². The van der Waals surface area contributed by atoms with Gasteiger partial charge in [-0.15, -0.1) is 0 Å². The van der Waals surface area contributed by atoms with Gasteiger partial charge in [-0.3, -0.25) is 14.5 Å². The molecule has 1 aliphatic heterocycles. The van der Waals surface area contributed by atoms with Crippen LogP contribution in [-0.2, 0) is 9.59 Å².